The first-order chi connectivity index (χ1) is 7.25. The fraction of sp³-hybridized carbons (Fsp3) is 0.917. The molecule has 0 saturated heterocycles. The second-order valence-electron chi connectivity index (χ2n) is 5.01. The Hall–Kier alpha value is -0.570. The van der Waals surface area contributed by atoms with Crippen LogP contribution in [0, 0.1) is 0 Å². The van der Waals surface area contributed by atoms with Crippen LogP contribution in [0.4, 0.5) is 0 Å². The molecule has 0 aromatic rings. The van der Waals surface area contributed by atoms with E-state index >= 15 is 0 Å². The molecule has 1 atom stereocenters. The Morgan fingerprint density at radius 3 is 2.33 bits per heavy atom. The summed E-state index contributed by atoms with van der Waals surface area (Å²) in [7, 11) is 0. The maximum absolute atomic E-state index is 11.7. The van der Waals surface area contributed by atoms with Crippen LogP contribution in [-0.4, -0.2) is 24.0 Å². The third-order valence-electron chi connectivity index (χ3n) is 3.41. The van der Waals surface area contributed by atoms with Crippen LogP contribution in [0.1, 0.15) is 51.9 Å². The number of amides is 1. The van der Waals surface area contributed by atoms with E-state index in [1.807, 2.05) is 6.92 Å². The van der Waals surface area contributed by atoms with Crippen molar-refractivity contribution in [2.75, 3.05) is 0 Å². The van der Waals surface area contributed by atoms with Gasteiger partial charge in [-0.15, -0.1) is 0 Å². The van der Waals surface area contributed by atoms with Crippen LogP contribution in [0.2, 0.25) is 0 Å². The molecule has 1 amide bonds. The summed E-state index contributed by atoms with van der Waals surface area (Å²) in [5, 5.41) is 6.48. The van der Waals surface area contributed by atoms with Gasteiger partial charge in [0, 0.05) is 12.1 Å². The van der Waals surface area contributed by atoms with Crippen LogP contribution in [0.15, 0.2) is 0 Å². The normalized spacial score (nSPS) is 24.9. The van der Waals surface area contributed by atoms with E-state index in [0.29, 0.717) is 12.1 Å². The van der Waals surface area contributed by atoms with Gasteiger partial charge < -0.3 is 10.6 Å². The third kappa shape index (κ3) is 3.49. The molecular formula is C12H22N2O. The van der Waals surface area contributed by atoms with Gasteiger partial charge in [-0.05, 0) is 32.6 Å². The molecule has 15 heavy (non-hydrogen) atoms. The van der Waals surface area contributed by atoms with Gasteiger partial charge in [0.15, 0.2) is 0 Å². The van der Waals surface area contributed by atoms with Crippen molar-refractivity contribution in [3.8, 4) is 0 Å². The summed E-state index contributed by atoms with van der Waals surface area (Å²) in [4.78, 5) is 11.7. The van der Waals surface area contributed by atoms with E-state index in [1.54, 1.807) is 0 Å². The lowest BCUT2D eigenvalue weighted by atomic mass is 9.95. The molecule has 0 aromatic heterocycles. The molecule has 2 fully saturated rings. The van der Waals surface area contributed by atoms with Gasteiger partial charge in [-0.3, -0.25) is 4.79 Å². The zero-order chi connectivity index (χ0) is 10.7. The number of hydrogen-bond donors (Lipinski definition) is 2. The highest BCUT2D eigenvalue weighted by Crippen LogP contribution is 2.20. The molecule has 2 aliphatic rings. The predicted octanol–water partition coefficient (Wildman–Crippen LogP) is 1.58. The molecule has 2 saturated carbocycles. The van der Waals surface area contributed by atoms with E-state index in [1.165, 1.54) is 44.9 Å². The van der Waals surface area contributed by atoms with Crippen LogP contribution >= 0.6 is 0 Å². The molecule has 86 valence electrons. The van der Waals surface area contributed by atoms with E-state index in [0.717, 1.165) is 0 Å². The maximum Gasteiger partial charge on any atom is 0.237 e. The third-order valence-corrected chi connectivity index (χ3v) is 3.41. The topological polar surface area (TPSA) is 41.1 Å². The van der Waals surface area contributed by atoms with Crippen molar-refractivity contribution in [1.29, 1.82) is 0 Å². The van der Waals surface area contributed by atoms with Crippen molar-refractivity contribution in [2.24, 2.45) is 0 Å². The highest BCUT2D eigenvalue weighted by molar-refractivity contribution is 5.81. The fourth-order valence-corrected chi connectivity index (χ4v) is 2.25. The van der Waals surface area contributed by atoms with Crippen LogP contribution in [0.3, 0.4) is 0 Å². The molecule has 3 heteroatoms. The Morgan fingerprint density at radius 1 is 1.07 bits per heavy atom. The van der Waals surface area contributed by atoms with Crippen molar-refractivity contribution in [2.45, 2.75) is 70.0 Å². The monoisotopic (exact) mass is 210 g/mol. The highest BCUT2D eigenvalue weighted by Gasteiger charge is 2.26. The second-order valence-corrected chi connectivity index (χ2v) is 5.01. The quantitative estimate of drug-likeness (QED) is 0.739. The first-order valence-corrected chi connectivity index (χ1v) is 6.32. The molecule has 0 aromatic carbocycles. The zero-order valence-corrected chi connectivity index (χ0v) is 9.59. The molecule has 0 spiro atoms. The lowest BCUT2D eigenvalue weighted by molar-refractivity contribution is -0.123. The molecule has 0 heterocycles. The van der Waals surface area contributed by atoms with E-state index in [4.69, 9.17) is 0 Å². The van der Waals surface area contributed by atoms with Crippen molar-refractivity contribution >= 4 is 5.91 Å². The maximum atomic E-state index is 11.7. The van der Waals surface area contributed by atoms with Gasteiger partial charge >= 0.3 is 0 Å². The summed E-state index contributed by atoms with van der Waals surface area (Å²) >= 11 is 0. The van der Waals surface area contributed by atoms with Crippen LogP contribution in [0.25, 0.3) is 0 Å². The van der Waals surface area contributed by atoms with Gasteiger partial charge in [-0.1, -0.05) is 19.3 Å². The Balaban J connectivity index is 1.69. The largest absolute Gasteiger partial charge is 0.352 e. The average Bonchev–Trinajstić information content (AvgIpc) is 3.03. The number of carbonyl (C=O) groups excluding carboxylic acids is 1. The minimum atomic E-state index is -0.0197. The van der Waals surface area contributed by atoms with E-state index in [2.05, 4.69) is 10.6 Å². The fourth-order valence-electron chi connectivity index (χ4n) is 2.25. The van der Waals surface area contributed by atoms with Crippen molar-refractivity contribution in [3.63, 3.8) is 0 Å². The Bertz CT molecular complexity index is 220. The molecule has 0 bridgehead atoms. The summed E-state index contributed by atoms with van der Waals surface area (Å²) in [5.74, 6) is 0.183. The van der Waals surface area contributed by atoms with Crippen LogP contribution in [-0.2, 0) is 4.79 Å². The van der Waals surface area contributed by atoms with Crippen LogP contribution in [0.5, 0.6) is 0 Å². The van der Waals surface area contributed by atoms with Crippen molar-refractivity contribution in [1.82, 2.24) is 10.6 Å². The van der Waals surface area contributed by atoms with Gasteiger partial charge in [0.25, 0.3) is 0 Å². The summed E-state index contributed by atoms with van der Waals surface area (Å²) in [5.41, 5.74) is 0. The van der Waals surface area contributed by atoms with Gasteiger partial charge in [0.1, 0.15) is 0 Å². The standard InChI is InChI=1S/C12H22N2O/c1-9(12(15)14-11-7-8-11)13-10-5-3-2-4-6-10/h9-11,13H,2-8H2,1H3,(H,14,15). The van der Waals surface area contributed by atoms with Gasteiger partial charge in [-0.2, -0.15) is 0 Å². The summed E-state index contributed by atoms with van der Waals surface area (Å²) < 4.78 is 0. The minimum absolute atomic E-state index is 0.0197. The summed E-state index contributed by atoms with van der Waals surface area (Å²) in [6.07, 6.45) is 8.80. The SMILES string of the molecule is CC(NC1CCCCC1)C(=O)NC1CC1. The second kappa shape index (κ2) is 4.97. The number of carbonyl (C=O) groups is 1. The molecule has 1 unspecified atom stereocenters. The predicted molar refractivity (Wildman–Crippen MR) is 60.6 cm³/mol. The average molecular weight is 210 g/mol. The first-order valence-electron chi connectivity index (χ1n) is 6.32. The number of rotatable bonds is 4. The molecule has 3 nitrogen and oxygen atoms in total. The van der Waals surface area contributed by atoms with Gasteiger partial charge in [0.05, 0.1) is 6.04 Å². The van der Waals surface area contributed by atoms with E-state index in [-0.39, 0.29) is 11.9 Å². The van der Waals surface area contributed by atoms with Crippen molar-refractivity contribution < 1.29 is 4.79 Å². The van der Waals surface area contributed by atoms with Crippen molar-refractivity contribution in [3.05, 3.63) is 0 Å². The first kappa shape index (κ1) is 10.9. The Labute approximate surface area is 92.0 Å². The molecule has 0 radical (unpaired) electrons. The van der Waals surface area contributed by atoms with E-state index < -0.39 is 0 Å². The lowest BCUT2D eigenvalue weighted by Gasteiger charge is -2.26. The van der Waals surface area contributed by atoms with Gasteiger partial charge in [0.2, 0.25) is 5.91 Å². The summed E-state index contributed by atoms with van der Waals surface area (Å²) in [6.45, 7) is 1.98. The lowest BCUT2D eigenvalue weighted by Crippen LogP contribution is -2.47. The number of nitrogens with one attached hydrogen (secondary N) is 2. The molecule has 2 N–H and O–H groups in total. The van der Waals surface area contributed by atoms with Crippen LogP contribution < -0.4 is 10.6 Å². The minimum Gasteiger partial charge on any atom is -0.352 e. The smallest absolute Gasteiger partial charge is 0.237 e. The highest BCUT2D eigenvalue weighted by atomic mass is 16.2. The Morgan fingerprint density at radius 2 is 1.73 bits per heavy atom. The number of hydrogen-bond acceptors (Lipinski definition) is 2. The molecule has 2 aliphatic carbocycles. The Kier molecular flexibility index (Phi) is 3.62. The summed E-state index contributed by atoms with van der Waals surface area (Å²) in [6, 6.07) is 1.03. The zero-order valence-electron chi connectivity index (χ0n) is 9.59. The molecule has 2 rings (SSSR count). The molecular weight excluding hydrogens is 188 g/mol. The van der Waals surface area contributed by atoms with Gasteiger partial charge in [-0.25, -0.2) is 0 Å². The van der Waals surface area contributed by atoms with E-state index in [9.17, 15) is 4.79 Å². The molecule has 0 aliphatic heterocycles.